The van der Waals surface area contributed by atoms with E-state index in [4.69, 9.17) is 32.7 Å². The van der Waals surface area contributed by atoms with Gasteiger partial charge in [-0.25, -0.2) is 0 Å². The highest BCUT2D eigenvalue weighted by molar-refractivity contribution is 6.30. The summed E-state index contributed by atoms with van der Waals surface area (Å²) in [5, 5.41) is 0.706. The van der Waals surface area contributed by atoms with Gasteiger partial charge in [0.05, 0.1) is 18.2 Å². The molecule has 0 atom stereocenters. The van der Waals surface area contributed by atoms with Gasteiger partial charge in [0.1, 0.15) is 18.1 Å². The summed E-state index contributed by atoms with van der Waals surface area (Å²) >= 11 is 12.1. The first kappa shape index (κ1) is 14.5. The topological polar surface area (TPSA) is 31.4 Å². The summed E-state index contributed by atoms with van der Waals surface area (Å²) in [6, 6.07) is 7.63. The minimum absolute atomic E-state index is 0.321. The van der Waals surface area contributed by atoms with E-state index in [0.717, 1.165) is 34.7 Å². The molecule has 1 aliphatic rings. The Morgan fingerprint density at radius 1 is 1.33 bits per heavy atom. The number of hydrogen-bond acceptors (Lipinski definition) is 3. The standard InChI is InChI=1S/C16H15Cl2NO2/c1-10-2-3-15(14(8-17)19-10)21-9-12-7-13(18)6-11-4-5-20-16(11)12/h2-3,6-7H,4-5,8-9H2,1H3. The van der Waals surface area contributed by atoms with Crippen LogP contribution in [0.15, 0.2) is 24.3 Å². The van der Waals surface area contributed by atoms with Crippen molar-refractivity contribution in [3.05, 3.63) is 51.8 Å². The number of alkyl halides is 1. The maximum atomic E-state index is 6.15. The molecule has 3 rings (SSSR count). The quantitative estimate of drug-likeness (QED) is 0.786. The fourth-order valence-corrected chi connectivity index (χ4v) is 2.89. The van der Waals surface area contributed by atoms with Gasteiger partial charge >= 0.3 is 0 Å². The first-order chi connectivity index (χ1) is 10.2. The Hall–Kier alpha value is -1.45. The lowest BCUT2D eigenvalue weighted by molar-refractivity contribution is 0.288. The van der Waals surface area contributed by atoms with Crippen molar-refractivity contribution in [3.63, 3.8) is 0 Å². The van der Waals surface area contributed by atoms with Gasteiger partial charge in [0, 0.05) is 22.7 Å². The van der Waals surface area contributed by atoms with Crippen molar-refractivity contribution in [2.24, 2.45) is 0 Å². The molecule has 0 amide bonds. The molecule has 1 aliphatic heterocycles. The van der Waals surface area contributed by atoms with Crippen LogP contribution in [-0.2, 0) is 18.9 Å². The van der Waals surface area contributed by atoms with E-state index in [-0.39, 0.29) is 0 Å². The number of rotatable bonds is 4. The normalized spacial score (nSPS) is 12.9. The van der Waals surface area contributed by atoms with Crippen LogP contribution in [0.4, 0.5) is 0 Å². The van der Waals surface area contributed by atoms with Gasteiger partial charge in [0.25, 0.3) is 0 Å². The zero-order chi connectivity index (χ0) is 14.8. The second-order valence-corrected chi connectivity index (χ2v) is 5.68. The molecule has 5 heteroatoms. The molecule has 110 valence electrons. The molecule has 0 radical (unpaired) electrons. The van der Waals surface area contributed by atoms with E-state index < -0.39 is 0 Å². The number of halogens is 2. The molecule has 0 saturated heterocycles. The van der Waals surface area contributed by atoms with E-state index in [9.17, 15) is 0 Å². The first-order valence-electron chi connectivity index (χ1n) is 6.77. The minimum Gasteiger partial charge on any atom is -0.493 e. The van der Waals surface area contributed by atoms with Crippen molar-refractivity contribution in [1.29, 1.82) is 0 Å². The number of benzene rings is 1. The maximum absolute atomic E-state index is 6.15. The molecule has 3 nitrogen and oxygen atoms in total. The first-order valence-corrected chi connectivity index (χ1v) is 7.68. The number of pyridine rings is 1. The smallest absolute Gasteiger partial charge is 0.142 e. The van der Waals surface area contributed by atoms with Gasteiger partial charge in [-0.3, -0.25) is 4.98 Å². The molecule has 2 aromatic rings. The third kappa shape index (κ3) is 3.09. The van der Waals surface area contributed by atoms with Crippen molar-refractivity contribution in [3.8, 4) is 11.5 Å². The summed E-state index contributed by atoms with van der Waals surface area (Å²) in [5.41, 5.74) is 3.76. The molecular weight excluding hydrogens is 309 g/mol. The molecule has 0 aliphatic carbocycles. The summed E-state index contributed by atoms with van der Waals surface area (Å²) in [4.78, 5) is 4.38. The number of aryl methyl sites for hydroxylation is 1. The zero-order valence-electron chi connectivity index (χ0n) is 11.7. The molecule has 0 spiro atoms. The highest BCUT2D eigenvalue weighted by Crippen LogP contribution is 2.33. The third-order valence-electron chi connectivity index (χ3n) is 3.41. The van der Waals surface area contributed by atoms with Gasteiger partial charge in [0.15, 0.2) is 0 Å². The number of hydrogen-bond donors (Lipinski definition) is 0. The van der Waals surface area contributed by atoms with Gasteiger partial charge < -0.3 is 9.47 Å². The minimum atomic E-state index is 0.321. The van der Waals surface area contributed by atoms with Crippen molar-refractivity contribution in [1.82, 2.24) is 4.98 Å². The number of ether oxygens (including phenoxy) is 2. The van der Waals surface area contributed by atoms with Crippen LogP contribution in [-0.4, -0.2) is 11.6 Å². The molecular formula is C16H15Cl2NO2. The van der Waals surface area contributed by atoms with Crippen LogP contribution in [0, 0.1) is 6.92 Å². The van der Waals surface area contributed by atoms with Crippen LogP contribution in [0.25, 0.3) is 0 Å². The molecule has 1 aromatic carbocycles. The second-order valence-electron chi connectivity index (χ2n) is 4.97. The van der Waals surface area contributed by atoms with Gasteiger partial charge in [-0.1, -0.05) is 11.6 Å². The van der Waals surface area contributed by atoms with Crippen molar-refractivity contribution in [2.45, 2.75) is 25.8 Å². The summed E-state index contributed by atoms with van der Waals surface area (Å²) in [6.07, 6.45) is 0.891. The van der Waals surface area contributed by atoms with Crippen LogP contribution >= 0.6 is 23.2 Å². The number of nitrogens with zero attached hydrogens (tertiary/aromatic N) is 1. The second kappa shape index (κ2) is 6.12. The molecule has 0 saturated carbocycles. The zero-order valence-corrected chi connectivity index (χ0v) is 13.2. The predicted octanol–water partition coefficient (Wildman–Crippen LogP) is 4.30. The summed E-state index contributed by atoms with van der Waals surface area (Å²) in [5.74, 6) is 1.91. The van der Waals surface area contributed by atoms with Crippen molar-refractivity contribution >= 4 is 23.2 Å². The molecule has 0 unspecified atom stereocenters. The highest BCUT2D eigenvalue weighted by Gasteiger charge is 2.18. The fourth-order valence-electron chi connectivity index (χ4n) is 2.43. The Morgan fingerprint density at radius 3 is 3.00 bits per heavy atom. The Labute approximate surface area is 133 Å². The third-order valence-corrected chi connectivity index (χ3v) is 3.88. The molecule has 0 fully saturated rings. The highest BCUT2D eigenvalue weighted by atomic mass is 35.5. The van der Waals surface area contributed by atoms with Gasteiger partial charge in [-0.05, 0) is 36.8 Å². The Kier molecular flexibility index (Phi) is 4.22. The monoisotopic (exact) mass is 323 g/mol. The summed E-state index contributed by atoms with van der Waals surface area (Å²) < 4.78 is 11.5. The summed E-state index contributed by atoms with van der Waals surface area (Å²) in [7, 11) is 0. The van der Waals surface area contributed by atoms with E-state index in [0.29, 0.717) is 29.9 Å². The maximum Gasteiger partial charge on any atom is 0.142 e. The van der Waals surface area contributed by atoms with Crippen LogP contribution in [0.5, 0.6) is 11.5 Å². The molecule has 21 heavy (non-hydrogen) atoms. The molecule has 2 heterocycles. The lowest BCUT2D eigenvalue weighted by atomic mass is 10.1. The number of fused-ring (bicyclic) bond motifs is 1. The SMILES string of the molecule is Cc1ccc(OCc2cc(Cl)cc3c2OCC3)c(CCl)n1. The molecule has 0 bridgehead atoms. The molecule has 1 aromatic heterocycles. The predicted molar refractivity (Wildman–Crippen MR) is 83.5 cm³/mol. The fraction of sp³-hybridized carbons (Fsp3) is 0.312. The van der Waals surface area contributed by atoms with E-state index in [2.05, 4.69) is 4.98 Å². The number of aromatic nitrogens is 1. The Morgan fingerprint density at radius 2 is 2.19 bits per heavy atom. The van der Waals surface area contributed by atoms with E-state index in [1.807, 2.05) is 31.2 Å². The van der Waals surface area contributed by atoms with E-state index in [1.165, 1.54) is 0 Å². The average Bonchev–Trinajstić information content (AvgIpc) is 2.93. The lowest BCUT2D eigenvalue weighted by Gasteiger charge is -2.12. The van der Waals surface area contributed by atoms with Gasteiger partial charge in [-0.2, -0.15) is 0 Å². The van der Waals surface area contributed by atoms with Crippen LogP contribution in [0.1, 0.15) is 22.5 Å². The van der Waals surface area contributed by atoms with Crippen LogP contribution in [0.3, 0.4) is 0 Å². The molecule has 0 N–H and O–H groups in total. The van der Waals surface area contributed by atoms with Gasteiger partial charge in [-0.15, -0.1) is 11.6 Å². The van der Waals surface area contributed by atoms with Gasteiger partial charge in [0.2, 0.25) is 0 Å². The Bertz CT molecular complexity index is 674. The van der Waals surface area contributed by atoms with Crippen molar-refractivity contribution < 1.29 is 9.47 Å². The van der Waals surface area contributed by atoms with E-state index >= 15 is 0 Å². The van der Waals surface area contributed by atoms with Crippen molar-refractivity contribution in [2.75, 3.05) is 6.61 Å². The van der Waals surface area contributed by atoms with Crippen LogP contribution in [0.2, 0.25) is 5.02 Å². The largest absolute Gasteiger partial charge is 0.493 e. The summed E-state index contributed by atoms with van der Waals surface area (Å²) in [6.45, 7) is 3.01. The van der Waals surface area contributed by atoms with E-state index in [1.54, 1.807) is 0 Å². The average molecular weight is 324 g/mol. The van der Waals surface area contributed by atoms with Crippen LogP contribution < -0.4 is 9.47 Å². The lowest BCUT2D eigenvalue weighted by Crippen LogP contribution is -2.02. The Balaban J connectivity index is 1.83.